The number of hydrogen-bond donors (Lipinski definition) is 2. The number of aliphatic carboxylic acids is 1. The van der Waals surface area contributed by atoms with Crippen LogP contribution in [0.1, 0.15) is 27.2 Å². The second-order valence-corrected chi connectivity index (χ2v) is 3.93. The Morgan fingerprint density at radius 2 is 2.00 bits per heavy atom. The van der Waals surface area contributed by atoms with E-state index in [0.717, 1.165) is 0 Å². The molecule has 4 heteroatoms. The summed E-state index contributed by atoms with van der Waals surface area (Å²) in [5.74, 6) is -1.49. The molecule has 0 aliphatic carbocycles. The quantitative estimate of drug-likeness (QED) is 0.675. The molecule has 2 atom stereocenters. The molecule has 2 unspecified atom stereocenters. The van der Waals surface area contributed by atoms with Gasteiger partial charge in [-0.3, -0.25) is 0 Å². The Bertz CT molecular complexity index is 176. The van der Waals surface area contributed by atoms with Crippen LogP contribution in [0.2, 0.25) is 0 Å². The van der Waals surface area contributed by atoms with Crippen LogP contribution in [0.5, 0.6) is 0 Å². The summed E-state index contributed by atoms with van der Waals surface area (Å²) >= 11 is 0. The van der Waals surface area contributed by atoms with E-state index >= 15 is 0 Å². The molecular formula is C9H18O4. The van der Waals surface area contributed by atoms with E-state index in [4.69, 9.17) is 9.84 Å². The highest BCUT2D eigenvalue weighted by Gasteiger charge is 2.28. The van der Waals surface area contributed by atoms with Gasteiger partial charge in [-0.15, -0.1) is 0 Å². The van der Waals surface area contributed by atoms with Crippen LogP contribution in [0.25, 0.3) is 0 Å². The number of carbonyl (C=O) groups is 1. The maximum atomic E-state index is 10.4. The predicted octanol–water partition coefficient (Wildman–Crippen LogP) is 0.883. The number of methoxy groups -OCH3 is 1. The maximum absolute atomic E-state index is 10.4. The molecule has 78 valence electrons. The Labute approximate surface area is 78.5 Å². The molecule has 0 spiro atoms. The van der Waals surface area contributed by atoms with Crippen LogP contribution in [-0.2, 0) is 9.53 Å². The molecule has 0 aromatic heterocycles. The van der Waals surface area contributed by atoms with Crippen LogP contribution < -0.4 is 0 Å². The average Bonchev–Trinajstić information content (AvgIpc) is 2.02. The SMILES string of the molecule is COC(C)(C)CC(C)C(O)C(=O)O. The highest BCUT2D eigenvalue weighted by molar-refractivity contribution is 5.72. The van der Waals surface area contributed by atoms with E-state index in [1.165, 1.54) is 0 Å². The molecule has 0 aromatic carbocycles. The largest absolute Gasteiger partial charge is 0.479 e. The Balaban J connectivity index is 4.14. The van der Waals surface area contributed by atoms with Crippen molar-refractivity contribution in [1.82, 2.24) is 0 Å². The standard InChI is InChI=1S/C9H18O4/c1-6(7(10)8(11)12)5-9(2,3)13-4/h6-7,10H,5H2,1-4H3,(H,11,12). The summed E-state index contributed by atoms with van der Waals surface area (Å²) in [5.41, 5.74) is -0.393. The lowest BCUT2D eigenvalue weighted by Gasteiger charge is -2.27. The van der Waals surface area contributed by atoms with E-state index < -0.39 is 17.7 Å². The fourth-order valence-corrected chi connectivity index (χ4v) is 1.21. The molecule has 13 heavy (non-hydrogen) atoms. The zero-order valence-corrected chi connectivity index (χ0v) is 8.57. The lowest BCUT2D eigenvalue weighted by molar-refractivity contribution is -0.150. The molecule has 2 N–H and O–H groups in total. The summed E-state index contributed by atoms with van der Waals surface area (Å²) in [6.07, 6.45) is -0.800. The van der Waals surface area contributed by atoms with E-state index in [0.29, 0.717) is 6.42 Å². The first kappa shape index (κ1) is 12.4. The molecule has 0 aromatic rings. The smallest absolute Gasteiger partial charge is 0.332 e. The molecule has 0 aliphatic heterocycles. The van der Waals surface area contributed by atoms with E-state index in [9.17, 15) is 9.90 Å². The number of aliphatic hydroxyl groups is 1. The van der Waals surface area contributed by atoms with Crippen molar-refractivity contribution in [2.24, 2.45) is 5.92 Å². The van der Waals surface area contributed by atoms with Crippen molar-refractivity contribution in [2.75, 3.05) is 7.11 Å². The predicted molar refractivity (Wildman–Crippen MR) is 48.5 cm³/mol. The van der Waals surface area contributed by atoms with Crippen LogP contribution in [0, 0.1) is 5.92 Å². The monoisotopic (exact) mass is 190 g/mol. The first-order chi connectivity index (χ1) is 5.80. The lowest BCUT2D eigenvalue weighted by Crippen LogP contribution is -2.34. The minimum atomic E-state index is -1.31. The van der Waals surface area contributed by atoms with Gasteiger partial charge in [0, 0.05) is 7.11 Å². The summed E-state index contributed by atoms with van der Waals surface area (Å²) in [5, 5.41) is 17.7. The van der Waals surface area contributed by atoms with E-state index in [1.54, 1.807) is 14.0 Å². The fraction of sp³-hybridized carbons (Fsp3) is 0.889. The molecule has 0 heterocycles. The van der Waals surface area contributed by atoms with Crippen LogP contribution in [0.15, 0.2) is 0 Å². The molecule has 0 saturated carbocycles. The third-order valence-corrected chi connectivity index (χ3v) is 2.16. The van der Waals surface area contributed by atoms with E-state index in [2.05, 4.69) is 0 Å². The van der Waals surface area contributed by atoms with Crippen molar-refractivity contribution in [2.45, 2.75) is 38.9 Å². The van der Waals surface area contributed by atoms with Crippen LogP contribution in [0.4, 0.5) is 0 Å². The second-order valence-electron chi connectivity index (χ2n) is 3.93. The molecular weight excluding hydrogens is 172 g/mol. The van der Waals surface area contributed by atoms with Crippen molar-refractivity contribution >= 4 is 5.97 Å². The van der Waals surface area contributed by atoms with Gasteiger partial charge >= 0.3 is 5.97 Å². The van der Waals surface area contributed by atoms with Gasteiger partial charge in [-0.2, -0.15) is 0 Å². The topological polar surface area (TPSA) is 66.8 Å². The van der Waals surface area contributed by atoms with Gasteiger partial charge in [0.15, 0.2) is 6.10 Å². The average molecular weight is 190 g/mol. The van der Waals surface area contributed by atoms with E-state index in [-0.39, 0.29) is 5.92 Å². The molecule has 0 radical (unpaired) electrons. The highest BCUT2D eigenvalue weighted by Crippen LogP contribution is 2.21. The Morgan fingerprint density at radius 3 is 2.31 bits per heavy atom. The second kappa shape index (κ2) is 4.58. The number of ether oxygens (including phenoxy) is 1. The maximum Gasteiger partial charge on any atom is 0.332 e. The highest BCUT2D eigenvalue weighted by atomic mass is 16.5. The van der Waals surface area contributed by atoms with Gasteiger partial charge in [0.25, 0.3) is 0 Å². The Kier molecular flexibility index (Phi) is 4.36. The van der Waals surface area contributed by atoms with Crippen molar-refractivity contribution in [1.29, 1.82) is 0 Å². The van der Waals surface area contributed by atoms with Crippen LogP contribution in [-0.4, -0.2) is 35.0 Å². The minimum absolute atomic E-state index is 0.313. The van der Waals surface area contributed by atoms with Crippen LogP contribution >= 0.6 is 0 Å². The van der Waals surface area contributed by atoms with Crippen molar-refractivity contribution in [3.05, 3.63) is 0 Å². The van der Waals surface area contributed by atoms with Gasteiger partial charge in [-0.05, 0) is 26.2 Å². The number of aliphatic hydroxyl groups excluding tert-OH is 1. The lowest BCUT2D eigenvalue weighted by atomic mass is 9.91. The summed E-state index contributed by atoms with van der Waals surface area (Å²) in [6, 6.07) is 0. The molecule has 0 rings (SSSR count). The molecule has 4 nitrogen and oxygen atoms in total. The van der Waals surface area contributed by atoms with Gasteiger partial charge in [0.05, 0.1) is 5.60 Å². The summed E-state index contributed by atoms with van der Waals surface area (Å²) in [7, 11) is 1.57. The fourth-order valence-electron chi connectivity index (χ4n) is 1.21. The number of hydrogen-bond acceptors (Lipinski definition) is 3. The Morgan fingerprint density at radius 1 is 1.54 bits per heavy atom. The minimum Gasteiger partial charge on any atom is -0.479 e. The molecule has 0 saturated heterocycles. The van der Waals surface area contributed by atoms with Gasteiger partial charge < -0.3 is 14.9 Å². The number of rotatable bonds is 5. The van der Waals surface area contributed by atoms with Gasteiger partial charge in [-0.1, -0.05) is 6.92 Å². The molecule has 0 amide bonds. The van der Waals surface area contributed by atoms with Crippen molar-refractivity contribution < 1.29 is 19.7 Å². The van der Waals surface area contributed by atoms with Gasteiger partial charge in [0.2, 0.25) is 0 Å². The Hall–Kier alpha value is -0.610. The molecule has 0 aliphatic rings. The zero-order valence-electron chi connectivity index (χ0n) is 8.57. The summed E-state index contributed by atoms with van der Waals surface area (Å²) in [6.45, 7) is 5.41. The first-order valence-corrected chi connectivity index (χ1v) is 4.26. The third kappa shape index (κ3) is 4.24. The van der Waals surface area contributed by atoms with Crippen molar-refractivity contribution in [3.8, 4) is 0 Å². The number of carboxylic acids is 1. The number of carboxylic acid groups (broad SMARTS) is 1. The van der Waals surface area contributed by atoms with E-state index in [1.807, 2.05) is 13.8 Å². The third-order valence-electron chi connectivity index (χ3n) is 2.16. The summed E-state index contributed by atoms with van der Waals surface area (Å²) in [4.78, 5) is 10.4. The van der Waals surface area contributed by atoms with Crippen molar-refractivity contribution in [3.63, 3.8) is 0 Å². The van der Waals surface area contributed by atoms with Crippen LogP contribution in [0.3, 0.4) is 0 Å². The van der Waals surface area contributed by atoms with Gasteiger partial charge in [0.1, 0.15) is 0 Å². The zero-order chi connectivity index (χ0) is 10.6. The molecule has 0 fully saturated rings. The normalized spacial score (nSPS) is 16.7. The molecule has 0 bridgehead atoms. The van der Waals surface area contributed by atoms with Gasteiger partial charge in [-0.25, -0.2) is 4.79 Å². The first-order valence-electron chi connectivity index (χ1n) is 4.26. The summed E-state index contributed by atoms with van der Waals surface area (Å²) < 4.78 is 5.13.